The number of rotatable bonds is 3. The molecule has 0 saturated carbocycles. The average Bonchev–Trinajstić information content (AvgIpc) is 2.81. The number of fused-ring (bicyclic) bond motifs is 1. The number of anilines is 1. The van der Waals surface area contributed by atoms with Crippen molar-refractivity contribution in [3.05, 3.63) is 64.7 Å². The van der Waals surface area contributed by atoms with E-state index in [1.165, 1.54) is 18.2 Å². The number of hydrogen-bond donors (Lipinski definition) is 3. The van der Waals surface area contributed by atoms with Gasteiger partial charge in [-0.3, -0.25) is 0 Å². The molecule has 0 radical (unpaired) electrons. The maximum atomic E-state index is 13.9. The molecule has 2 unspecified atom stereocenters. The minimum Gasteiger partial charge on any atom is -0.388 e. The summed E-state index contributed by atoms with van der Waals surface area (Å²) in [5.41, 5.74) is 5.67. The summed E-state index contributed by atoms with van der Waals surface area (Å²) in [6, 6.07) is 4.70. The van der Waals surface area contributed by atoms with Gasteiger partial charge in [-0.25, -0.2) is 13.6 Å². The predicted octanol–water partition coefficient (Wildman–Crippen LogP) is 4.14. The molecule has 2 heterocycles. The van der Waals surface area contributed by atoms with E-state index in [4.69, 9.17) is 5.73 Å². The molecule has 2 aromatic rings. The van der Waals surface area contributed by atoms with Crippen LogP contribution >= 0.6 is 0 Å². The number of likely N-dealkylation sites (tertiary alicyclic amines) is 1. The molecule has 190 valence electrons. The van der Waals surface area contributed by atoms with Crippen LogP contribution in [0, 0.1) is 11.6 Å². The van der Waals surface area contributed by atoms with Crippen molar-refractivity contribution in [1.29, 1.82) is 0 Å². The van der Waals surface area contributed by atoms with E-state index in [9.17, 15) is 31.9 Å². The maximum Gasteiger partial charge on any atom is 0.407 e. The first-order valence-electron chi connectivity index (χ1n) is 11.3. The first-order valence-corrected chi connectivity index (χ1v) is 11.3. The monoisotopic (exact) mass is 498 g/mol. The van der Waals surface area contributed by atoms with E-state index in [0.717, 1.165) is 17.8 Å². The quantitative estimate of drug-likeness (QED) is 0.556. The summed E-state index contributed by atoms with van der Waals surface area (Å²) in [5.74, 6) is -1.47. The number of halogens is 5. The fraction of sp³-hybridized carbons (Fsp3) is 0.458. The zero-order chi connectivity index (χ0) is 25.5. The lowest BCUT2D eigenvalue weighted by Crippen LogP contribution is -2.58. The van der Waals surface area contributed by atoms with Crippen LogP contribution in [-0.2, 0) is 6.54 Å². The van der Waals surface area contributed by atoms with Gasteiger partial charge in [0.25, 0.3) is 0 Å². The van der Waals surface area contributed by atoms with Crippen molar-refractivity contribution in [2.24, 2.45) is 5.73 Å². The number of nitrogens with two attached hydrogens (primary N) is 1. The Hall–Kier alpha value is -2.92. The van der Waals surface area contributed by atoms with E-state index in [-0.39, 0.29) is 12.1 Å². The number of piperidine rings is 1. The van der Waals surface area contributed by atoms with Gasteiger partial charge in [-0.05, 0) is 48.7 Å². The van der Waals surface area contributed by atoms with Gasteiger partial charge in [0, 0.05) is 55.5 Å². The lowest BCUT2D eigenvalue weighted by atomic mass is 9.76. The number of nitrogens with one attached hydrogen (secondary N) is 1. The van der Waals surface area contributed by atoms with Crippen molar-refractivity contribution in [3.63, 3.8) is 0 Å². The van der Waals surface area contributed by atoms with Crippen LogP contribution in [0.3, 0.4) is 0 Å². The molecule has 2 aliphatic rings. The van der Waals surface area contributed by atoms with Gasteiger partial charge in [0.1, 0.15) is 17.7 Å². The van der Waals surface area contributed by atoms with Gasteiger partial charge in [-0.1, -0.05) is 6.07 Å². The van der Waals surface area contributed by atoms with Crippen molar-refractivity contribution in [1.82, 2.24) is 10.2 Å². The molecule has 0 aliphatic carbocycles. The molecule has 1 fully saturated rings. The van der Waals surface area contributed by atoms with E-state index in [1.807, 2.05) is 11.9 Å². The summed E-state index contributed by atoms with van der Waals surface area (Å²) in [5, 5.41) is 13.3. The topological polar surface area (TPSA) is 81.8 Å². The third-order valence-corrected chi connectivity index (χ3v) is 7.17. The maximum absolute atomic E-state index is 13.9. The summed E-state index contributed by atoms with van der Waals surface area (Å²) < 4.78 is 66.2. The van der Waals surface area contributed by atoms with Crippen molar-refractivity contribution in [2.75, 3.05) is 25.0 Å². The molecular formula is C24H27F5N4O2. The van der Waals surface area contributed by atoms with Crippen LogP contribution < -0.4 is 16.0 Å². The van der Waals surface area contributed by atoms with Gasteiger partial charge in [-0.2, -0.15) is 13.2 Å². The van der Waals surface area contributed by atoms with Gasteiger partial charge in [0.2, 0.25) is 0 Å². The first kappa shape index (κ1) is 25.2. The summed E-state index contributed by atoms with van der Waals surface area (Å²) in [4.78, 5) is 16.3. The molecule has 2 aliphatic heterocycles. The molecular weight excluding hydrogens is 471 g/mol. The largest absolute Gasteiger partial charge is 0.407 e. The molecule has 1 spiro atoms. The molecule has 6 nitrogen and oxygen atoms in total. The Morgan fingerprint density at radius 3 is 2.54 bits per heavy atom. The van der Waals surface area contributed by atoms with Gasteiger partial charge < -0.3 is 26.0 Å². The zero-order valence-corrected chi connectivity index (χ0v) is 19.1. The highest BCUT2D eigenvalue weighted by atomic mass is 19.4. The highest BCUT2D eigenvalue weighted by Crippen LogP contribution is 2.46. The van der Waals surface area contributed by atoms with Gasteiger partial charge in [0.05, 0.1) is 6.10 Å². The third kappa shape index (κ3) is 4.92. The Morgan fingerprint density at radius 1 is 1.20 bits per heavy atom. The van der Waals surface area contributed by atoms with Crippen molar-refractivity contribution in [2.45, 2.75) is 49.7 Å². The predicted molar refractivity (Wildman–Crippen MR) is 120 cm³/mol. The smallest absolute Gasteiger partial charge is 0.388 e. The number of benzene rings is 2. The second-order valence-corrected chi connectivity index (χ2v) is 9.23. The minimum absolute atomic E-state index is 0.0874. The average molecular weight is 498 g/mol. The normalized spacial score (nSPS) is 20.5. The Labute approximate surface area is 199 Å². The Bertz CT molecular complexity index is 1100. The molecule has 2 aromatic carbocycles. The Balaban J connectivity index is 1.38. The number of amides is 2. The molecule has 0 bridgehead atoms. The lowest BCUT2D eigenvalue weighted by molar-refractivity contribution is -0.149. The number of aliphatic hydroxyl groups is 1. The second kappa shape index (κ2) is 9.27. The van der Waals surface area contributed by atoms with E-state index >= 15 is 0 Å². The highest BCUT2D eigenvalue weighted by Gasteiger charge is 2.45. The number of carbonyl (C=O) groups is 1. The van der Waals surface area contributed by atoms with Gasteiger partial charge >= 0.3 is 12.2 Å². The molecule has 2 atom stereocenters. The third-order valence-electron chi connectivity index (χ3n) is 7.17. The molecule has 4 N–H and O–H groups in total. The fourth-order valence-corrected chi connectivity index (χ4v) is 5.03. The highest BCUT2D eigenvalue weighted by molar-refractivity contribution is 5.74. The summed E-state index contributed by atoms with van der Waals surface area (Å²) >= 11 is 0. The van der Waals surface area contributed by atoms with E-state index in [0.29, 0.717) is 43.5 Å². The Morgan fingerprint density at radius 2 is 1.89 bits per heavy atom. The number of nitrogens with zero attached hydrogens (tertiary/aromatic N) is 2. The van der Waals surface area contributed by atoms with Crippen LogP contribution in [0.15, 0.2) is 36.4 Å². The number of urea groups is 1. The molecule has 35 heavy (non-hydrogen) atoms. The van der Waals surface area contributed by atoms with Crippen molar-refractivity contribution in [3.8, 4) is 0 Å². The molecule has 1 saturated heterocycles. The van der Waals surface area contributed by atoms with Crippen LogP contribution in [0.1, 0.15) is 48.1 Å². The zero-order valence-electron chi connectivity index (χ0n) is 19.1. The van der Waals surface area contributed by atoms with Crippen LogP contribution in [-0.4, -0.2) is 47.9 Å². The van der Waals surface area contributed by atoms with Crippen LogP contribution in [0.25, 0.3) is 0 Å². The summed E-state index contributed by atoms with van der Waals surface area (Å²) in [7, 11) is 1.90. The number of aliphatic hydroxyl groups excluding tert-OH is 1. The first-order chi connectivity index (χ1) is 16.4. The number of hydrogen-bond acceptors (Lipinski definition) is 4. The summed E-state index contributed by atoms with van der Waals surface area (Å²) in [6.45, 7) is 0.704. The van der Waals surface area contributed by atoms with Gasteiger partial charge in [0.15, 0.2) is 0 Å². The second-order valence-electron chi connectivity index (χ2n) is 9.23. The van der Waals surface area contributed by atoms with Crippen LogP contribution in [0.5, 0.6) is 0 Å². The van der Waals surface area contributed by atoms with Crippen LogP contribution in [0.4, 0.5) is 32.4 Å². The van der Waals surface area contributed by atoms with Gasteiger partial charge in [-0.15, -0.1) is 0 Å². The van der Waals surface area contributed by atoms with E-state index in [2.05, 4.69) is 5.32 Å². The standard InChI is InChI=1S/C24H27F5N4O2/c1-32-19-5-3-15(25)11-17(19)20(34)12-23(32)6-8-33(9-7-23)22(35)31-13-14-2-4-18(26)16(10-14)21(30)24(27,28)29/h2-5,10-11,20-21,34H,6-9,12-13,30H2,1H3,(H,31,35). The number of alkyl halides is 3. The molecule has 11 heteroatoms. The molecule has 2 amide bonds. The fourth-order valence-electron chi connectivity index (χ4n) is 5.03. The van der Waals surface area contributed by atoms with Crippen molar-refractivity contribution < 1.29 is 31.9 Å². The van der Waals surface area contributed by atoms with E-state index < -0.39 is 41.6 Å². The minimum atomic E-state index is -4.79. The van der Waals surface area contributed by atoms with Crippen molar-refractivity contribution >= 4 is 11.7 Å². The Kier molecular flexibility index (Phi) is 6.67. The summed E-state index contributed by atoms with van der Waals surface area (Å²) in [6.07, 6.45) is -4.04. The molecule has 4 rings (SSSR count). The SMILES string of the molecule is CN1c2ccc(F)cc2C(O)CC12CCN(C(=O)NCc1ccc(F)c(C(N)C(F)(F)F)c1)CC2. The molecule has 0 aromatic heterocycles. The van der Waals surface area contributed by atoms with Crippen LogP contribution in [0.2, 0.25) is 0 Å². The number of carbonyl (C=O) groups excluding carboxylic acids is 1. The lowest BCUT2D eigenvalue weighted by Gasteiger charge is -2.52. The van der Waals surface area contributed by atoms with E-state index in [1.54, 1.807) is 11.0 Å².